The van der Waals surface area contributed by atoms with Crippen LogP contribution in [0.2, 0.25) is 0 Å². The van der Waals surface area contributed by atoms with E-state index in [4.69, 9.17) is 4.74 Å². The normalized spacial score (nSPS) is 14.2. The Labute approximate surface area is 196 Å². The van der Waals surface area contributed by atoms with Gasteiger partial charge in [-0.1, -0.05) is 24.3 Å². The number of aromatic nitrogens is 3. The number of hydrogen-bond donors (Lipinski definition) is 0. The average molecular weight is 460 g/mol. The lowest BCUT2D eigenvalue weighted by molar-refractivity contribution is 0.0755. The first kappa shape index (κ1) is 21.2. The Morgan fingerprint density at radius 1 is 0.909 bits per heavy atom. The van der Waals surface area contributed by atoms with Crippen LogP contribution in [-0.2, 0) is 0 Å². The van der Waals surface area contributed by atoms with Gasteiger partial charge < -0.3 is 14.5 Å². The fourth-order valence-corrected chi connectivity index (χ4v) is 4.73. The number of para-hydroxylation sites is 1. The molecule has 8 heteroatoms. The molecule has 1 saturated heterocycles. The van der Waals surface area contributed by atoms with Gasteiger partial charge in [-0.3, -0.25) is 4.79 Å². The van der Waals surface area contributed by atoms with Crippen molar-refractivity contribution in [3.63, 3.8) is 0 Å². The quantitative estimate of drug-likeness (QED) is 0.444. The molecule has 0 aliphatic carbocycles. The average Bonchev–Trinajstić information content (AvgIpc) is 3.49. The molecule has 1 aliphatic heterocycles. The van der Waals surface area contributed by atoms with Gasteiger partial charge in [-0.15, -0.1) is 16.4 Å². The highest BCUT2D eigenvalue weighted by Crippen LogP contribution is 2.26. The van der Waals surface area contributed by atoms with Crippen molar-refractivity contribution in [2.45, 2.75) is 6.42 Å². The highest BCUT2D eigenvalue weighted by atomic mass is 32.1. The van der Waals surface area contributed by atoms with Gasteiger partial charge in [-0.05, 0) is 54.3 Å². The van der Waals surface area contributed by atoms with Gasteiger partial charge in [0.2, 0.25) is 5.82 Å². The summed E-state index contributed by atoms with van der Waals surface area (Å²) in [6, 6.07) is 21.9. The number of amides is 1. The van der Waals surface area contributed by atoms with Crippen molar-refractivity contribution in [1.82, 2.24) is 19.7 Å². The summed E-state index contributed by atoms with van der Waals surface area (Å²) in [5.41, 5.74) is 2.02. The number of benzene rings is 2. The van der Waals surface area contributed by atoms with Crippen LogP contribution >= 0.6 is 11.3 Å². The molecule has 1 aliphatic rings. The summed E-state index contributed by atoms with van der Waals surface area (Å²) in [6.45, 7) is 2.95. The molecule has 0 saturated carbocycles. The number of ether oxygens (including phenoxy) is 1. The predicted molar refractivity (Wildman–Crippen MR) is 130 cm³/mol. The third-order valence-corrected chi connectivity index (χ3v) is 6.63. The first-order chi connectivity index (χ1) is 16.2. The molecule has 0 N–H and O–H groups in total. The summed E-state index contributed by atoms with van der Waals surface area (Å²) in [7, 11) is 1.67. The SMILES string of the molecule is COc1ccc(N2CCCN(C(=O)c3nc(-c4cccs4)n(-c4ccccc4)n3)CC2)cc1. The second kappa shape index (κ2) is 9.46. The molecule has 33 heavy (non-hydrogen) atoms. The second-order valence-electron chi connectivity index (χ2n) is 7.81. The number of rotatable bonds is 5. The lowest BCUT2D eigenvalue weighted by Crippen LogP contribution is -2.35. The van der Waals surface area contributed by atoms with Crippen LogP contribution in [0.3, 0.4) is 0 Å². The smallest absolute Gasteiger partial charge is 0.293 e. The van der Waals surface area contributed by atoms with E-state index in [2.05, 4.69) is 27.1 Å². The predicted octanol–water partition coefficient (Wildman–Crippen LogP) is 4.36. The van der Waals surface area contributed by atoms with Gasteiger partial charge in [0.05, 0.1) is 17.7 Å². The number of nitrogens with zero attached hydrogens (tertiary/aromatic N) is 5. The Bertz CT molecular complexity index is 1210. The third-order valence-electron chi connectivity index (χ3n) is 5.76. The Balaban J connectivity index is 1.37. The topological polar surface area (TPSA) is 63.5 Å². The summed E-state index contributed by atoms with van der Waals surface area (Å²) in [4.78, 5) is 23.2. The molecule has 2 aromatic heterocycles. The van der Waals surface area contributed by atoms with Crippen LogP contribution in [0.5, 0.6) is 5.75 Å². The van der Waals surface area contributed by atoms with Crippen LogP contribution < -0.4 is 9.64 Å². The molecular weight excluding hydrogens is 434 g/mol. The summed E-state index contributed by atoms with van der Waals surface area (Å²) in [5, 5.41) is 6.64. The van der Waals surface area contributed by atoms with Crippen molar-refractivity contribution in [3.05, 3.63) is 77.9 Å². The maximum absolute atomic E-state index is 13.4. The Kier molecular flexibility index (Phi) is 6.08. The molecule has 0 atom stereocenters. The molecule has 0 bridgehead atoms. The van der Waals surface area contributed by atoms with Crippen LogP contribution in [-0.4, -0.2) is 58.9 Å². The van der Waals surface area contributed by atoms with Gasteiger partial charge in [-0.25, -0.2) is 9.67 Å². The number of thiophene rings is 1. The van der Waals surface area contributed by atoms with E-state index < -0.39 is 0 Å². The molecule has 0 spiro atoms. The largest absolute Gasteiger partial charge is 0.497 e. The minimum absolute atomic E-state index is 0.126. The van der Waals surface area contributed by atoms with Gasteiger partial charge in [0.15, 0.2) is 5.82 Å². The third kappa shape index (κ3) is 4.47. The minimum atomic E-state index is -0.126. The molecule has 4 aromatic rings. The van der Waals surface area contributed by atoms with Crippen LogP contribution in [0, 0.1) is 0 Å². The zero-order valence-electron chi connectivity index (χ0n) is 18.4. The number of anilines is 1. The maximum Gasteiger partial charge on any atom is 0.293 e. The molecular formula is C25H25N5O2S. The van der Waals surface area contributed by atoms with E-state index in [0.717, 1.165) is 41.5 Å². The van der Waals surface area contributed by atoms with E-state index in [1.54, 1.807) is 23.1 Å². The van der Waals surface area contributed by atoms with Gasteiger partial charge in [-0.2, -0.15) is 0 Å². The van der Waals surface area contributed by atoms with E-state index >= 15 is 0 Å². The maximum atomic E-state index is 13.4. The van der Waals surface area contributed by atoms with Gasteiger partial charge in [0.1, 0.15) is 5.75 Å². The fourth-order valence-electron chi connectivity index (χ4n) is 4.03. The van der Waals surface area contributed by atoms with Crippen molar-refractivity contribution in [2.75, 3.05) is 38.2 Å². The molecule has 0 radical (unpaired) electrons. The summed E-state index contributed by atoms with van der Waals surface area (Å²) < 4.78 is 7.03. The first-order valence-corrected chi connectivity index (χ1v) is 11.9. The molecule has 1 fully saturated rings. The van der Waals surface area contributed by atoms with Gasteiger partial charge in [0, 0.05) is 31.9 Å². The zero-order valence-corrected chi connectivity index (χ0v) is 19.2. The van der Waals surface area contributed by atoms with E-state index in [1.165, 1.54) is 0 Å². The van der Waals surface area contributed by atoms with Crippen molar-refractivity contribution in [3.8, 4) is 22.1 Å². The highest BCUT2D eigenvalue weighted by molar-refractivity contribution is 7.13. The molecule has 5 rings (SSSR count). The molecule has 1 amide bonds. The molecule has 168 valence electrons. The van der Waals surface area contributed by atoms with Crippen molar-refractivity contribution >= 4 is 22.9 Å². The number of methoxy groups -OCH3 is 1. The second-order valence-corrected chi connectivity index (χ2v) is 8.76. The van der Waals surface area contributed by atoms with Crippen LogP contribution in [0.1, 0.15) is 17.0 Å². The van der Waals surface area contributed by atoms with Crippen molar-refractivity contribution < 1.29 is 9.53 Å². The van der Waals surface area contributed by atoms with Crippen molar-refractivity contribution in [1.29, 1.82) is 0 Å². The molecule has 0 unspecified atom stereocenters. The zero-order chi connectivity index (χ0) is 22.6. The Hall–Kier alpha value is -3.65. The Morgan fingerprint density at radius 3 is 2.45 bits per heavy atom. The van der Waals surface area contributed by atoms with Crippen molar-refractivity contribution in [2.24, 2.45) is 0 Å². The van der Waals surface area contributed by atoms with Gasteiger partial charge >= 0.3 is 0 Å². The number of hydrogen-bond acceptors (Lipinski definition) is 6. The standard InChI is InChI=1S/C25H25N5O2S/c1-32-21-12-10-19(11-13-21)28-14-6-15-29(17-16-28)25(31)23-26-24(22-9-5-18-33-22)30(27-23)20-7-3-2-4-8-20/h2-5,7-13,18H,6,14-17H2,1H3. The first-order valence-electron chi connectivity index (χ1n) is 11.0. The monoisotopic (exact) mass is 459 g/mol. The molecule has 2 aromatic carbocycles. The lowest BCUT2D eigenvalue weighted by atomic mass is 10.2. The van der Waals surface area contributed by atoms with Crippen LogP contribution in [0.25, 0.3) is 16.4 Å². The van der Waals surface area contributed by atoms with E-state index in [0.29, 0.717) is 18.9 Å². The van der Waals surface area contributed by atoms with E-state index in [9.17, 15) is 4.79 Å². The fraction of sp³-hybridized carbons (Fsp3) is 0.240. The minimum Gasteiger partial charge on any atom is -0.497 e. The molecule has 7 nitrogen and oxygen atoms in total. The van der Waals surface area contributed by atoms with Gasteiger partial charge in [0.25, 0.3) is 5.91 Å². The summed E-state index contributed by atoms with van der Waals surface area (Å²) >= 11 is 1.59. The number of carbonyl (C=O) groups excluding carboxylic acids is 1. The highest BCUT2D eigenvalue weighted by Gasteiger charge is 2.26. The van der Waals surface area contributed by atoms with E-state index in [-0.39, 0.29) is 11.7 Å². The Morgan fingerprint density at radius 2 is 1.73 bits per heavy atom. The molecule has 3 heterocycles. The lowest BCUT2D eigenvalue weighted by Gasteiger charge is -2.23. The summed E-state index contributed by atoms with van der Waals surface area (Å²) in [5.74, 6) is 1.64. The van der Waals surface area contributed by atoms with E-state index in [1.807, 2.05) is 64.9 Å². The summed E-state index contributed by atoms with van der Waals surface area (Å²) in [6.07, 6.45) is 0.884. The number of carbonyl (C=O) groups is 1. The van der Waals surface area contributed by atoms with Crippen LogP contribution in [0.15, 0.2) is 72.1 Å². The van der Waals surface area contributed by atoms with Crippen LogP contribution in [0.4, 0.5) is 5.69 Å².